The minimum atomic E-state index is -3.99. The largest absolute Gasteiger partial charge is 0.478 e. The second-order valence-corrected chi connectivity index (χ2v) is 6.00. The highest BCUT2D eigenvalue weighted by molar-refractivity contribution is 7.89. The third-order valence-electron chi connectivity index (χ3n) is 2.77. The van der Waals surface area contributed by atoms with Gasteiger partial charge in [0.25, 0.3) is 0 Å². The number of hydrogen-bond acceptors (Lipinski definition) is 3. The van der Waals surface area contributed by atoms with Crippen molar-refractivity contribution >= 4 is 16.0 Å². The SMILES string of the molecule is O=C(O)c1cccc(CNS(=O)(=O)c2ccccc2F)c1. The Morgan fingerprint density at radius 3 is 2.52 bits per heavy atom. The van der Waals surface area contributed by atoms with Gasteiger partial charge in [-0.1, -0.05) is 24.3 Å². The number of carboxylic acid groups (broad SMARTS) is 1. The molecule has 2 aromatic rings. The molecule has 0 heterocycles. The van der Waals surface area contributed by atoms with E-state index >= 15 is 0 Å². The zero-order valence-corrected chi connectivity index (χ0v) is 11.6. The van der Waals surface area contributed by atoms with Crippen molar-refractivity contribution < 1.29 is 22.7 Å². The summed E-state index contributed by atoms with van der Waals surface area (Å²) in [5.74, 6) is -1.95. The van der Waals surface area contributed by atoms with Gasteiger partial charge in [-0.15, -0.1) is 0 Å². The molecular formula is C14H12FNO4S. The molecule has 0 unspecified atom stereocenters. The molecule has 0 amide bonds. The van der Waals surface area contributed by atoms with Crippen LogP contribution in [0, 0.1) is 5.82 Å². The van der Waals surface area contributed by atoms with E-state index in [2.05, 4.69) is 4.72 Å². The quantitative estimate of drug-likeness (QED) is 0.885. The van der Waals surface area contributed by atoms with E-state index in [1.165, 1.54) is 30.3 Å². The average molecular weight is 309 g/mol. The van der Waals surface area contributed by atoms with Crippen LogP contribution in [-0.4, -0.2) is 19.5 Å². The standard InChI is InChI=1S/C14H12FNO4S/c15-12-6-1-2-7-13(12)21(19,20)16-9-10-4-3-5-11(8-10)14(17)18/h1-8,16H,9H2,(H,17,18). The molecule has 0 aliphatic rings. The highest BCUT2D eigenvalue weighted by Gasteiger charge is 2.18. The van der Waals surface area contributed by atoms with Crippen LogP contribution in [0.5, 0.6) is 0 Å². The monoisotopic (exact) mass is 309 g/mol. The molecule has 0 radical (unpaired) electrons. The van der Waals surface area contributed by atoms with Gasteiger partial charge in [0.1, 0.15) is 10.7 Å². The van der Waals surface area contributed by atoms with Crippen molar-refractivity contribution in [3.05, 3.63) is 65.5 Å². The van der Waals surface area contributed by atoms with E-state index in [1.54, 1.807) is 6.07 Å². The molecule has 2 aromatic carbocycles. The van der Waals surface area contributed by atoms with Gasteiger partial charge in [0.2, 0.25) is 10.0 Å². The van der Waals surface area contributed by atoms with Crippen molar-refractivity contribution in [1.82, 2.24) is 4.72 Å². The number of hydrogen-bond donors (Lipinski definition) is 2. The Hall–Kier alpha value is -2.25. The first-order chi connectivity index (χ1) is 9.90. The zero-order chi connectivity index (χ0) is 15.5. The van der Waals surface area contributed by atoms with Gasteiger partial charge < -0.3 is 5.11 Å². The van der Waals surface area contributed by atoms with Crippen molar-refractivity contribution in [2.24, 2.45) is 0 Å². The van der Waals surface area contributed by atoms with Gasteiger partial charge in [-0.3, -0.25) is 0 Å². The maximum atomic E-state index is 13.5. The third kappa shape index (κ3) is 3.65. The van der Waals surface area contributed by atoms with Crippen LogP contribution in [0.2, 0.25) is 0 Å². The van der Waals surface area contributed by atoms with Gasteiger partial charge in [-0.05, 0) is 29.8 Å². The van der Waals surface area contributed by atoms with Gasteiger partial charge >= 0.3 is 5.97 Å². The highest BCUT2D eigenvalue weighted by Crippen LogP contribution is 2.14. The molecule has 5 nitrogen and oxygen atoms in total. The molecule has 2 rings (SSSR count). The number of halogens is 1. The van der Waals surface area contributed by atoms with E-state index in [4.69, 9.17) is 5.11 Å². The second kappa shape index (κ2) is 6.02. The van der Waals surface area contributed by atoms with Gasteiger partial charge in [0.15, 0.2) is 0 Å². The molecule has 21 heavy (non-hydrogen) atoms. The minimum absolute atomic E-state index is 0.0533. The lowest BCUT2D eigenvalue weighted by molar-refractivity contribution is 0.0696. The summed E-state index contributed by atoms with van der Waals surface area (Å²) in [6.07, 6.45) is 0. The number of carbonyl (C=O) groups is 1. The first kappa shape index (κ1) is 15.1. The Morgan fingerprint density at radius 2 is 1.86 bits per heavy atom. The van der Waals surface area contributed by atoms with Crippen molar-refractivity contribution in [3.8, 4) is 0 Å². The van der Waals surface area contributed by atoms with Crippen molar-refractivity contribution in [2.75, 3.05) is 0 Å². The lowest BCUT2D eigenvalue weighted by atomic mass is 10.1. The summed E-state index contributed by atoms with van der Waals surface area (Å²) < 4.78 is 39.7. The fraction of sp³-hybridized carbons (Fsp3) is 0.0714. The van der Waals surface area contributed by atoms with Crippen LogP contribution in [-0.2, 0) is 16.6 Å². The normalized spacial score (nSPS) is 11.3. The van der Waals surface area contributed by atoms with Crippen LogP contribution in [0.3, 0.4) is 0 Å². The molecule has 0 aliphatic heterocycles. The molecule has 0 aliphatic carbocycles. The maximum absolute atomic E-state index is 13.5. The van der Waals surface area contributed by atoms with Crippen LogP contribution in [0.1, 0.15) is 15.9 Å². The van der Waals surface area contributed by atoms with E-state index in [0.717, 1.165) is 12.1 Å². The fourth-order valence-electron chi connectivity index (χ4n) is 1.73. The first-order valence-corrected chi connectivity index (χ1v) is 7.45. The number of nitrogens with one attached hydrogen (secondary N) is 1. The van der Waals surface area contributed by atoms with Crippen LogP contribution in [0.25, 0.3) is 0 Å². The summed E-state index contributed by atoms with van der Waals surface area (Å²) >= 11 is 0. The molecular weight excluding hydrogens is 297 g/mol. The molecule has 0 fully saturated rings. The van der Waals surface area contributed by atoms with Gasteiger partial charge in [-0.25, -0.2) is 22.3 Å². The molecule has 0 bridgehead atoms. The number of aromatic carboxylic acids is 1. The predicted molar refractivity (Wildman–Crippen MR) is 73.8 cm³/mol. The molecule has 0 saturated heterocycles. The highest BCUT2D eigenvalue weighted by atomic mass is 32.2. The minimum Gasteiger partial charge on any atom is -0.478 e. The van der Waals surface area contributed by atoms with E-state index in [-0.39, 0.29) is 12.1 Å². The van der Waals surface area contributed by atoms with E-state index in [0.29, 0.717) is 5.56 Å². The Morgan fingerprint density at radius 1 is 1.14 bits per heavy atom. The topological polar surface area (TPSA) is 83.5 Å². The lowest BCUT2D eigenvalue weighted by Gasteiger charge is -2.08. The summed E-state index contributed by atoms with van der Waals surface area (Å²) in [5.41, 5.74) is 0.521. The van der Waals surface area contributed by atoms with Crippen molar-refractivity contribution in [3.63, 3.8) is 0 Å². The Kier molecular flexibility index (Phi) is 4.35. The summed E-state index contributed by atoms with van der Waals surface area (Å²) in [7, 11) is -3.99. The summed E-state index contributed by atoms with van der Waals surface area (Å²) in [6, 6.07) is 10.9. The smallest absolute Gasteiger partial charge is 0.335 e. The molecule has 0 atom stereocenters. The van der Waals surface area contributed by atoms with Gasteiger partial charge in [-0.2, -0.15) is 0 Å². The van der Waals surface area contributed by atoms with Crippen LogP contribution >= 0.6 is 0 Å². The fourth-order valence-corrected chi connectivity index (χ4v) is 2.83. The second-order valence-electron chi connectivity index (χ2n) is 4.26. The first-order valence-electron chi connectivity index (χ1n) is 5.96. The Balaban J connectivity index is 2.18. The van der Waals surface area contributed by atoms with E-state index in [9.17, 15) is 17.6 Å². The molecule has 0 aromatic heterocycles. The average Bonchev–Trinajstić information content (AvgIpc) is 2.46. The molecule has 7 heteroatoms. The lowest BCUT2D eigenvalue weighted by Crippen LogP contribution is -2.24. The van der Waals surface area contributed by atoms with Crippen LogP contribution in [0.15, 0.2) is 53.4 Å². The molecule has 2 N–H and O–H groups in total. The van der Waals surface area contributed by atoms with Crippen molar-refractivity contribution in [1.29, 1.82) is 0 Å². The Bertz CT molecular complexity index is 774. The predicted octanol–water partition coefficient (Wildman–Crippen LogP) is 2.00. The van der Waals surface area contributed by atoms with Crippen LogP contribution < -0.4 is 4.72 Å². The number of carboxylic acids is 1. The summed E-state index contributed by atoms with van der Waals surface area (Å²) in [4.78, 5) is 10.4. The van der Waals surface area contributed by atoms with Gasteiger partial charge in [0.05, 0.1) is 5.56 Å². The van der Waals surface area contributed by atoms with Gasteiger partial charge in [0, 0.05) is 6.54 Å². The Labute approximate surface area is 121 Å². The zero-order valence-electron chi connectivity index (χ0n) is 10.8. The number of benzene rings is 2. The number of rotatable bonds is 5. The summed E-state index contributed by atoms with van der Waals surface area (Å²) in [5, 5.41) is 8.86. The van der Waals surface area contributed by atoms with E-state index < -0.39 is 26.7 Å². The molecule has 0 saturated carbocycles. The van der Waals surface area contributed by atoms with Crippen LogP contribution in [0.4, 0.5) is 4.39 Å². The van der Waals surface area contributed by atoms with E-state index in [1.807, 2.05) is 0 Å². The van der Waals surface area contributed by atoms with Crippen molar-refractivity contribution in [2.45, 2.75) is 11.4 Å². The maximum Gasteiger partial charge on any atom is 0.335 e. The summed E-state index contributed by atoms with van der Waals surface area (Å²) in [6.45, 7) is -0.127. The molecule has 110 valence electrons. The molecule has 0 spiro atoms. The third-order valence-corrected chi connectivity index (χ3v) is 4.20. The number of sulfonamides is 1.